The highest BCUT2D eigenvalue weighted by atomic mass is 15.2. The normalized spacial score (nSPS) is 19.7. The maximum Gasteiger partial charge on any atom is 0.0454 e. The number of aromatic nitrogens is 1. The Morgan fingerprint density at radius 2 is 2.06 bits per heavy atom. The van der Waals surface area contributed by atoms with E-state index in [1.54, 1.807) is 0 Å². The van der Waals surface area contributed by atoms with Crippen molar-refractivity contribution in [2.45, 2.75) is 39.7 Å². The van der Waals surface area contributed by atoms with Crippen molar-refractivity contribution < 1.29 is 0 Å². The summed E-state index contributed by atoms with van der Waals surface area (Å²) in [6, 6.07) is 9.62. The van der Waals surface area contributed by atoms with Crippen molar-refractivity contribution in [1.82, 2.24) is 4.98 Å². The number of rotatable bonds is 1. The van der Waals surface area contributed by atoms with E-state index in [1.165, 1.54) is 35.8 Å². The van der Waals surface area contributed by atoms with E-state index < -0.39 is 0 Å². The van der Waals surface area contributed by atoms with E-state index >= 15 is 0 Å². The van der Waals surface area contributed by atoms with Crippen LogP contribution in [0.3, 0.4) is 0 Å². The number of fused-ring (bicyclic) bond motifs is 1. The van der Waals surface area contributed by atoms with Crippen LogP contribution in [0.25, 0.3) is 10.8 Å². The number of hydrogen-bond donors (Lipinski definition) is 0. The Morgan fingerprint density at radius 3 is 2.78 bits per heavy atom. The highest BCUT2D eigenvalue weighted by molar-refractivity contribution is 5.88. The van der Waals surface area contributed by atoms with E-state index in [2.05, 4.69) is 54.9 Å². The minimum atomic E-state index is 0.668. The van der Waals surface area contributed by atoms with E-state index in [0.29, 0.717) is 6.04 Å². The molecule has 1 aliphatic rings. The van der Waals surface area contributed by atoms with Crippen LogP contribution in [-0.2, 0) is 0 Å². The van der Waals surface area contributed by atoms with Crippen molar-refractivity contribution in [3.63, 3.8) is 0 Å². The molecule has 2 heterocycles. The van der Waals surface area contributed by atoms with E-state index in [0.717, 1.165) is 11.4 Å². The molecule has 1 aromatic carbocycles. The summed E-state index contributed by atoms with van der Waals surface area (Å²) >= 11 is 0. The van der Waals surface area contributed by atoms with Crippen molar-refractivity contribution in [1.29, 1.82) is 0 Å². The molecule has 1 fully saturated rings. The largest absolute Gasteiger partial charge is 0.369 e. The first-order valence-electron chi connectivity index (χ1n) is 6.80. The summed E-state index contributed by atoms with van der Waals surface area (Å²) in [4.78, 5) is 7.08. The van der Waals surface area contributed by atoms with E-state index in [1.807, 2.05) is 0 Å². The molecule has 0 radical (unpaired) electrons. The third-order valence-electron chi connectivity index (χ3n) is 4.02. The Labute approximate surface area is 109 Å². The first-order valence-corrected chi connectivity index (χ1v) is 6.80. The van der Waals surface area contributed by atoms with Crippen molar-refractivity contribution in [2.24, 2.45) is 0 Å². The smallest absolute Gasteiger partial charge is 0.0454 e. The number of anilines is 1. The van der Waals surface area contributed by atoms with Crippen LogP contribution in [0.1, 0.15) is 31.2 Å². The van der Waals surface area contributed by atoms with Gasteiger partial charge in [-0.15, -0.1) is 0 Å². The molecule has 18 heavy (non-hydrogen) atoms. The molecule has 0 aliphatic carbocycles. The van der Waals surface area contributed by atoms with Gasteiger partial charge in [-0.3, -0.25) is 4.98 Å². The standard InChI is InChI=1S/C16H20N2/c1-11-9-14-6-7-15(10-16(14)13(3)17-11)18-8-4-5-12(18)2/h6-7,9-10,12H,4-5,8H2,1-3H3. The number of nitrogens with zero attached hydrogens (tertiary/aromatic N) is 2. The lowest BCUT2D eigenvalue weighted by Gasteiger charge is -2.24. The zero-order chi connectivity index (χ0) is 12.7. The van der Waals surface area contributed by atoms with Gasteiger partial charge in [-0.05, 0) is 57.2 Å². The SMILES string of the molecule is Cc1cc2ccc(N3CCCC3C)cc2c(C)n1. The van der Waals surface area contributed by atoms with Gasteiger partial charge in [0.15, 0.2) is 0 Å². The number of benzene rings is 1. The van der Waals surface area contributed by atoms with Crippen LogP contribution in [0.4, 0.5) is 5.69 Å². The van der Waals surface area contributed by atoms with Crippen molar-refractivity contribution in [3.05, 3.63) is 35.7 Å². The molecule has 0 N–H and O–H groups in total. The van der Waals surface area contributed by atoms with E-state index in [9.17, 15) is 0 Å². The molecule has 0 amide bonds. The predicted octanol–water partition coefficient (Wildman–Crippen LogP) is 3.84. The summed E-state index contributed by atoms with van der Waals surface area (Å²) in [7, 11) is 0. The summed E-state index contributed by atoms with van der Waals surface area (Å²) < 4.78 is 0. The van der Waals surface area contributed by atoms with Crippen LogP contribution in [0.2, 0.25) is 0 Å². The van der Waals surface area contributed by atoms with Gasteiger partial charge in [0.2, 0.25) is 0 Å². The quantitative estimate of drug-likeness (QED) is 0.753. The first kappa shape index (κ1) is 11.5. The fourth-order valence-electron chi connectivity index (χ4n) is 3.06. The molecule has 0 saturated carbocycles. The van der Waals surface area contributed by atoms with Gasteiger partial charge in [-0.25, -0.2) is 0 Å². The topological polar surface area (TPSA) is 16.1 Å². The van der Waals surface area contributed by atoms with E-state index in [-0.39, 0.29) is 0 Å². The van der Waals surface area contributed by atoms with Gasteiger partial charge in [-0.2, -0.15) is 0 Å². The van der Waals surface area contributed by atoms with Crippen molar-refractivity contribution in [3.8, 4) is 0 Å². The molecule has 1 unspecified atom stereocenters. The monoisotopic (exact) mass is 240 g/mol. The Balaban J connectivity index is 2.10. The number of aryl methyl sites for hydroxylation is 2. The predicted molar refractivity (Wildman–Crippen MR) is 77.3 cm³/mol. The van der Waals surface area contributed by atoms with Gasteiger partial charge < -0.3 is 4.90 Å². The minimum absolute atomic E-state index is 0.668. The van der Waals surface area contributed by atoms with Crippen LogP contribution < -0.4 is 4.90 Å². The van der Waals surface area contributed by atoms with E-state index in [4.69, 9.17) is 0 Å². The zero-order valence-electron chi connectivity index (χ0n) is 11.4. The van der Waals surface area contributed by atoms with Crippen molar-refractivity contribution >= 4 is 16.5 Å². The molecule has 0 bridgehead atoms. The molecular weight excluding hydrogens is 220 g/mol. The molecule has 1 atom stereocenters. The average Bonchev–Trinajstić information content (AvgIpc) is 2.75. The average molecular weight is 240 g/mol. The zero-order valence-corrected chi connectivity index (χ0v) is 11.4. The Kier molecular flexibility index (Phi) is 2.73. The van der Waals surface area contributed by atoms with Gasteiger partial charge in [-0.1, -0.05) is 6.07 Å². The summed E-state index contributed by atoms with van der Waals surface area (Å²) in [6.07, 6.45) is 2.62. The molecular formula is C16H20N2. The second kappa shape index (κ2) is 4.27. The van der Waals surface area contributed by atoms with Gasteiger partial charge >= 0.3 is 0 Å². The van der Waals surface area contributed by atoms with Gasteiger partial charge in [0.25, 0.3) is 0 Å². The fraction of sp³-hybridized carbons (Fsp3) is 0.438. The second-order valence-electron chi connectivity index (χ2n) is 5.44. The van der Waals surface area contributed by atoms with Crippen LogP contribution in [-0.4, -0.2) is 17.6 Å². The first-order chi connectivity index (χ1) is 8.65. The molecule has 2 heteroatoms. The highest BCUT2D eigenvalue weighted by Gasteiger charge is 2.20. The van der Waals surface area contributed by atoms with Crippen LogP contribution >= 0.6 is 0 Å². The molecule has 2 aromatic rings. The molecule has 3 rings (SSSR count). The van der Waals surface area contributed by atoms with Crippen molar-refractivity contribution in [2.75, 3.05) is 11.4 Å². The Hall–Kier alpha value is -1.57. The van der Waals surface area contributed by atoms with Crippen LogP contribution in [0.15, 0.2) is 24.3 Å². The van der Waals surface area contributed by atoms with Gasteiger partial charge in [0, 0.05) is 35.0 Å². The molecule has 1 aromatic heterocycles. The Morgan fingerprint density at radius 1 is 1.22 bits per heavy atom. The summed E-state index contributed by atoms with van der Waals surface area (Å²) in [6.45, 7) is 7.66. The third kappa shape index (κ3) is 1.86. The number of pyridine rings is 1. The second-order valence-corrected chi connectivity index (χ2v) is 5.44. The lowest BCUT2D eigenvalue weighted by molar-refractivity contribution is 0.735. The summed E-state index contributed by atoms with van der Waals surface area (Å²) in [5, 5.41) is 2.59. The molecule has 94 valence electrons. The highest BCUT2D eigenvalue weighted by Crippen LogP contribution is 2.29. The molecule has 2 nitrogen and oxygen atoms in total. The summed E-state index contributed by atoms with van der Waals surface area (Å²) in [5.74, 6) is 0. The number of hydrogen-bond acceptors (Lipinski definition) is 2. The van der Waals surface area contributed by atoms with Gasteiger partial charge in [0.1, 0.15) is 0 Å². The third-order valence-corrected chi connectivity index (χ3v) is 4.02. The minimum Gasteiger partial charge on any atom is -0.369 e. The maximum atomic E-state index is 4.57. The maximum absolute atomic E-state index is 4.57. The Bertz CT molecular complexity index is 589. The summed E-state index contributed by atoms with van der Waals surface area (Å²) in [5.41, 5.74) is 3.59. The molecule has 1 aliphatic heterocycles. The van der Waals surface area contributed by atoms with Crippen LogP contribution in [0.5, 0.6) is 0 Å². The lowest BCUT2D eigenvalue weighted by Crippen LogP contribution is -2.26. The lowest BCUT2D eigenvalue weighted by atomic mass is 10.1. The van der Waals surface area contributed by atoms with Gasteiger partial charge in [0.05, 0.1) is 0 Å². The van der Waals surface area contributed by atoms with Crippen LogP contribution in [0, 0.1) is 13.8 Å². The molecule has 1 saturated heterocycles. The molecule has 0 spiro atoms. The fourth-order valence-corrected chi connectivity index (χ4v) is 3.06.